The molecule has 6 heteroatoms. The molecule has 0 aliphatic carbocycles. The van der Waals surface area contributed by atoms with Crippen LogP contribution in [0.15, 0.2) is 17.7 Å². The minimum Gasteiger partial charge on any atom is -0.371 e. The van der Waals surface area contributed by atoms with Gasteiger partial charge in [-0.15, -0.1) is 0 Å². The molecule has 0 bridgehead atoms. The van der Waals surface area contributed by atoms with Crippen LogP contribution in [0.25, 0.3) is 6.08 Å². The lowest BCUT2D eigenvalue weighted by molar-refractivity contribution is -0.133. The number of benzene rings is 1. The van der Waals surface area contributed by atoms with E-state index >= 15 is 0 Å². The van der Waals surface area contributed by atoms with Crippen LogP contribution in [0.1, 0.15) is 43.4 Å². The molecule has 1 saturated heterocycles. The maximum atomic E-state index is 12.9. The molecule has 0 radical (unpaired) electrons. The topological polar surface area (TPSA) is 43.9 Å². The fourth-order valence-electron chi connectivity index (χ4n) is 4.46. The van der Waals surface area contributed by atoms with E-state index in [4.69, 9.17) is 12.2 Å². The van der Waals surface area contributed by atoms with Crippen LogP contribution in [0.4, 0.5) is 5.69 Å². The smallest absolute Gasteiger partial charge is 0.265 e. The second-order valence-corrected chi connectivity index (χ2v) is 7.69. The molecule has 142 valence electrons. The van der Waals surface area contributed by atoms with E-state index in [9.17, 15) is 9.59 Å². The van der Waals surface area contributed by atoms with Gasteiger partial charge in [0.1, 0.15) is 5.57 Å². The van der Waals surface area contributed by atoms with E-state index in [1.165, 1.54) is 26.6 Å². The Labute approximate surface area is 165 Å². The molecule has 5 nitrogen and oxygen atoms in total. The van der Waals surface area contributed by atoms with Gasteiger partial charge in [-0.25, -0.2) is 0 Å². The third kappa shape index (κ3) is 2.96. The van der Waals surface area contributed by atoms with Gasteiger partial charge in [0.2, 0.25) is 0 Å². The van der Waals surface area contributed by atoms with Crippen LogP contribution in [0.3, 0.4) is 0 Å². The number of hydrogen-bond donors (Lipinski definition) is 0. The number of anilines is 1. The molecule has 0 aromatic heterocycles. The van der Waals surface area contributed by atoms with Gasteiger partial charge in [0, 0.05) is 31.9 Å². The van der Waals surface area contributed by atoms with Gasteiger partial charge in [-0.1, -0.05) is 0 Å². The normalized spacial score (nSPS) is 19.6. The Morgan fingerprint density at radius 1 is 0.963 bits per heavy atom. The zero-order chi connectivity index (χ0) is 19.1. The van der Waals surface area contributed by atoms with Crippen LogP contribution in [-0.2, 0) is 22.4 Å². The summed E-state index contributed by atoms with van der Waals surface area (Å²) in [4.78, 5) is 31.2. The third-order valence-corrected chi connectivity index (χ3v) is 6.15. The Bertz CT molecular complexity index is 802. The lowest BCUT2D eigenvalue weighted by atomic mass is 9.89. The summed E-state index contributed by atoms with van der Waals surface area (Å²) in [6.45, 7) is 6.94. The average Bonchev–Trinajstić information content (AvgIpc) is 2.66. The van der Waals surface area contributed by atoms with E-state index in [2.05, 4.69) is 17.0 Å². The first-order valence-electron chi connectivity index (χ1n) is 9.85. The van der Waals surface area contributed by atoms with E-state index in [1.807, 2.05) is 13.8 Å². The highest BCUT2D eigenvalue weighted by atomic mass is 32.1. The van der Waals surface area contributed by atoms with Gasteiger partial charge in [0.05, 0.1) is 0 Å². The van der Waals surface area contributed by atoms with Crippen LogP contribution in [0.2, 0.25) is 0 Å². The molecule has 1 aromatic rings. The Kier molecular flexibility index (Phi) is 4.76. The summed E-state index contributed by atoms with van der Waals surface area (Å²) in [5.74, 6) is -0.574. The fourth-order valence-corrected chi connectivity index (χ4v) is 4.89. The van der Waals surface area contributed by atoms with Crippen molar-refractivity contribution in [1.82, 2.24) is 9.80 Å². The van der Waals surface area contributed by atoms with Crippen molar-refractivity contribution in [3.8, 4) is 0 Å². The van der Waals surface area contributed by atoms with Crippen LogP contribution in [0.5, 0.6) is 0 Å². The number of nitrogens with zero attached hydrogens (tertiary/aromatic N) is 3. The zero-order valence-electron chi connectivity index (χ0n) is 16.0. The largest absolute Gasteiger partial charge is 0.371 e. The molecule has 1 fully saturated rings. The molecule has 0 saturated carbocycles. The Balaban J connectivity index is 1.77. The highest BCUT2D eigenvalue weighted by molar-refractivity contribution is 7.80. The molecule has 0 unspecified atom stereocenters. The minimum absolute atomic E-state index is 0.211. The third-order valence-electron chi connectivity index (χ3n) is 5.71. The van der Waals surface area contributed by atoms with Crippen molar-refractivity contribution in [1.29, 1.82) is 0 Å². The summed E-state index contributed by atoms with van der Waals surface area (Å²) >= 11 is 5.34. The highest BCUT2D eigenvalue weighted by Crippen LogP contribution is 2.36. The molecule has 0 atom stereocenters. The maximum Gasteiger partial charge on any atom is 0.265 e. The van der Waals surface area contributed by atoms with Gasteiger partial charge >= 0.3 is 0 Å². The van der Waals surface area contributed by atoms with Crippen molar-refractivity contribution >= 4 is 40.9 Å². The number of hydrogen-bond acceptors (Lipinski definition) is 4. The van der Waals surface area contributed by atoms with Gasteiger partial charge in [-0.2, -0.15) is 0 Å². The summed E-state index contributed by atoms with van der Waals surface area (Å²) in [6, 6.07) is 4.31. The van der Waals surface area contributed by atoms with Crippen molar-refractivity contribution in [3.63, 3.8) is 0 Å². The monoisotopic (exact) mass is 383 g/mol. The molecule has 0 N–H and O–H groups in total. The van der Waals surface area contributed by atoms with Crippen LogP contribution >= 0.6 is 12.2 Å². The van der Waals surface area contributed by atoms with Gasteiger partial charge in [-0.05, 0) is 86.6 Å². The lowest BCUT2D eigenvalue weighted by Gasteiger charge is -2.37. The number of thiocarbonyl (C=S) groups is 1. The van der Waals surface area contributed by atoms with Crippen molar-refractivity contribution in [2.45, 2.75) is 39.5 Å². The van der Waals surface area contributed by atoms with E-state index in [-0.39, 0.29) is 17.4 Å². The molecule has 4 rings (SSSR count). The second kappa shape index (κ2) is 7.08. The summed E-state index contributed by atoms with van der Waals surface area (Å²) in [5, 5.41) is 0.309. The second-order valence-electron chi connectivity index (χ2n) is 7.32. The molecule has 3 heterocycles. The highest BCUT2D eigenvalue weighted by Gasteiger charge is 2.38. The molecular formula is C21H25N3O2S. The molecule has 27 heavy (non-hydrogen) atoms. The number of carbonyl (C=O) groups excluding carboxylic acids is 2. The Hall–Kier alpha value is -2.21. The average molecular weight is 384 g/mol. The van der Waals surface area contributed by atoms with E-state index in [1.54, 1.807) is 6.08 Å². The zero-order valence-corrected chi connectivity index (χ0v) is 16.8. The first-order chi connectivity index (χ1) is 13.0. The molecule has 3 aliphatic heterocycles. The summed E-state index contributed by atoms with van der Waals surface area (Å²) < 4.78 is 0. The van der Waals surface area contributed by atoms with Crippen molar-refractivity contribution in [2.24, 2.45) is 0 Å². The summed E-state index contributed by atoms with van der Waals surface area (Å²) in [5.41, 5.74) is 5.24. The molecular weight excluding hydrogens is 358 g/mol. The van der Waals surface area contributed by atoms with Crippen molar-refractivity contribution in [3.05, 3.63) is 34.4 Å². The summed E-state index contributed by atoms with van der Waals surface area (Å²) in [7, 11) is 0. The number of rotatable bonds is 3. The van der Waals surface area contributed by atoms with Crippen molar-refractivity contribution in [2.75, 3.05) is 31.1 Å². The number of carbonyl (C=O) groups is 2. The number of aryl methyl sites for hydroxylation is 2. The number of amides is 2. The van der Waals surface area contributed by atoms with E-state index in [0.717, 1.165) is 44.3 Å². The standard InChI is InChI=1S/C21H25N3O2S/c1-3-23-19(25)17(20(26)24(4-2)21(23)27)13-14-11-15-7-5-9-22-10-6-8-16(12-14)18(15)22/h11-13H,3-10H2,1-2H3. The lowest BCUT2D eigenvalue weighted by Crippen LogP contribution is -2.55. The number of likely N-dealkylation sites (N-methyl/N-ethyl adjacent to an activating group) is 2. The first-order valence-corrected chi connectivity index (χ1v) is 10.3. The predicted octanol–water partition coefficient (Wildman–Crippen LogP) is 2.76. The van der Waals surface area contributed by atoms with Crippen molar-refractivity contribution < 1.29 is 9.59 Å². The first kappa shape index (κ1) is 18.2. The van der Waals surface area contributed by atoms with Gasteiger partial charge in [-0.3, -0.25) is 19.4 Å². The SMILES string of the molecule is CCN1C(=O)C(=Cc2cc3c4c(c2)CCCN4CCC3)C(=O)N(CC)C1=S. The van der Waals surface area contributed by atoms with Gasteiger partial charge < -0.3 is 4.90 Å². The molecule has 1 aromatic carbocycles. The molecule has 0 spiro atoms. The Morgan fingerprint density at radius 2 is 1.48 bits per heavy atom. The van der Waals surface area contributed by atoms with E-state index in [0.29, 0.717) is 18.2 Å². The fraction of sp³-hybridized carbons (Fsp3) is 0.476. The molecule has 3 aliphatic rings. The summed E-state index contributed by atoms with van der Waals surface area (Å²) in [6.07, 6.45) is 6.20. The quantitative estimate of drug-likeness (QED) is 0.457. The van der Waals surface area contributed by atoms with Crippen LogP contribution in [0, 0.1) is 0 Å². The van der Waals surface area contributed by atoms with Crippen LogP contribution in [-0.4, -0.2) is 52.9 Å². The maximum absolute atomic E-state index is 12.9. The van der Waals surface area contributed by atoms with Gasteiger partial charge in [0.25, 0.3) is 11.8 Å². The van der Waals surface area contributed by atoms with Crippen LogP contribution < -0.4 is 4.90 Å². The predicted molar refractivity (Wildman–Crippen MR) is 111 cm³/mol. The minimum atomic E-state index is -0.287. The van der Waals surface area contributed by atoms with E-state index < -0.39 is 0 Å². The molecule has 2 amide bonds. The van der Waals surface area contributed by atoms with Gasteiger partial charge in [0.15, 0.2) is 5.11 Å². The Morgan fingerprint density at radius 3 is 1.96 bits per heavy atom.